The molecule has 0 saturated heterocycles. The molecule has 0 aromatic heterocycles. The maximum absolute atomic E-state index is 5.48. The predicted molar refractivity (Wildman–Crippen MR) is 79.7 cm³/mol. The molecular formula is C15H33NO3. The Hall–Kier alpha value is -0.160. The zero-order chi connectivity index (χ0) is 14.2. The quantitative estimate of drug-likeness (QED) is 0.466. The normalized spacial score (nSPS) is 11.4. The molecule has 0 spiro atoms. The number of hydrogen-bond donors (Lipinski definition) is 1. The van der Waals surface area contributed by atoms with Crippen molar-refractivity contribution in [3.63, 3.8) is 0 Å². The third kappa shape index (κ3) is 17.8. The monoisotopic (exact) mass is 275 g/mol. The molecule has 0 atom stereocenters. The average Bonchev–Trinajstić information content (AvgIpc) is 2.39. The average molecular weight is 275 g/mol. The lowest BCUT2D eigenvalue weighted by molar-refractivity contribution is 0.0142. The molecule has 0 amide bonds. The molecule has 4 nitrogen and oxygen atoms in total. The standard InChI is InChI=1S/C15H33NO3/c1-4-7-16-8-10-18-12-14-19-13-11-17-9-5-6-15(2)3/h15-16H,4-14H2,1-3H3. The molecule has 0 aliphatic rings. The van der Waals surface area contributed by atoms with Crippen molar-refractivity contribution >= 4 is 0 Å². The van der Waals surface area contributed by atoms with Crippen LogP contribution >= 0.6 is 0 Å². The molecule has 0 unspecified atom stereocenters. The second-order valence-corrected chi connectivity index (χ2v) is 5.12. The summed E-state index contributed by atoms with van der Waals surface area (Å²) in [6.45, 7) is 12.9. The summed E-state index contributed by atoms with van der Waals surface area (Å²) in [5.41, 5.74) is 0. The van der Waals surface area contributed by atoms with Crippen molar-refractivity contribution in [2.45, 2.75) is 40.0 Å². The van der Waals surface area contributed by atoms with Gasteiger partial charge in [0.2, 0.25) is 0 Å². The van der Waals surface area contributed by atoms with E-state index >= 15 is 0 Å². The summed E-state index contributed by atoms with van der Waals surface area (Å²) >= 11 is 0. The van der Waals surface area contributed by atoms with E-state index in [0.717, 1.165) is 38.6 Å². The van der Waals surface area contributed by atoms with Crippen molar-refractivity contribution in [3.8, 4) is 0 Å². The topological polar surface area (TPSA) is 39.7 Å². The van der Waals surface area contributed by atoms with Crippen LogP contribution in [0.1, 0.15) is 40.0 Å². The highest BCUT2D eigenvalue weighted by Crippen LogP contribution is 2.02. The Bertz CT molecular complexity index is 165. The summed E-state index contributed by atoms with van der Waals surface area (Å²) < 4.78 is 16.3. The molecule has 4 heteroatoms. The minimum absolute atomic E-state index is 0.656. The third-order valence-corrected chi connectivity index (χ3v) is 2.66. The van der Waals surface area contributed by atoms with E-state index < -0.39 is 0 Å². The minimum Gasteiger partial charge on any atom is -0.379 e. The van der Waals surface area contributed by atoms with Gasteiger partial charge in [-0.05, 0) is 31.7 Å². The van der Waals surface area contributed by atoms with Crippen LogP contribution in [0.4, 0.5) is 0 Å². The van der Waals surface area contributed by atoms with Gasteiger partial charge in [0.1, 0.15) is 0 Å². The van der Waals surface area contributed by atoms with Gasteiger partial charge in [-0.1, -0.05) is 20.8 Å². The van der Waals surface area contributed by atoms with E-state index in [9.17, 15) is 0 Å². The Balaban J connectivity index is 2.91. The Morgan fingerprint density at radius 2 is 1.37 bits per heavy atom. The second-order valence-electron chi connectivity index (χ2n) is 5.12. The van der Waals surface area contributed by atoms with Crippen molar-refractivity contribution < 1.29 is 14.2 Å². The molecule has 1 N–H and O–H groups in total. The highest BCUT2D eigenvalue weighted by molar-refractivity contribution is 4.45. The molecule has 0 rings (SSSR count). The molecule has 0 bridgehead atoms. The van der Waals surface area contributed by atoms with Gasteiger partial charge in [0.15, 0.2) is 0 Å². The Labute approximate surface area is 119 Å². The van der Waals surface area contributed by atoms with E-state index in [0.29, 0.717) is 26.4 Å². The first-order valence-corrected chi connectivity index (χ1v) is 7.71. The Morgan fingerprint density at radius 3 is 1.95 bits per heavy atom. The van der Waals surface area contributed by atoms with Gasteiger partial charge in [0, 0.05) is 13.2 Å². The highest BCUT2D eigenvalue weighted by Gasteiger charge is 1.94. The zero-order valence-corrected chi connectivity index (χ0v) is 13.1. The van der Waals surface area contributed by atoms with E-state index in [1.54, 1.807) is 0 Å². The van der Waals surface area contributed by atoms with Crippen LogP contribution in [-0.2, 0) is 14.2 Å². The summed E-state index contributed by atoms with van der Waals surface area (Å²) in [5, 5.41) is 3.29. The van der Waals surface area contributed by atoms with Crippen molar-refractivity contribution in [1.82, 2.24) is 5.32 Å². The van der Waals surface area contributed by atoms with Gasteiger partial charge in [0.25, 0.3) is 0 Å². The van der Waals surface area contributed by atoms with Crippen molar-refractivity contribution in [2.24, 2.45) is 5.92 Å². The molecule has 19 heavy (non-hydrogen) atoms. The summed E-state index contributed by atoms with van der Waals surface area (Å²) in [7, 11) is 0. The van der Waals surface area contributed by atoms with Gasteiger partial charge < -0.3 is 19.5 Å². The lowest BCUT2D eigenvalue weighted by atomic mass is 10.1. The molecule has 0 aromatic carbocycles. The molecule has 0 aliphatic carbocycles. The molecule has 0 heterocycles. The van der Waals surface area contributed by atoms with E-state index in [-0.39, 0.29) is 0 Å². The SMILES string of the molecule is CCCNCCOCCOCCOCCCC(C)C. The van der Waals surface area contributed by atoms with Crippen LogP contribution < -0.4 is 5.32 Å². The first-order valence-electron chi connectivity index (χ1n) is 7.71. The predicted octanol–water partition coefficient (Wildman–Crippen LogP) is 2.47. The number of hydrogen-bond acceptors (Lipinski definition) is 4. The van der Waals surface area contributed by atoms with E-state index in [4.69, 9.17) is 14.2 Å². The second kappa shape index (κ2) is 15.9. The van der Waals surface area contributed by atoms with Crippen molar-refractivity contribution in [1.29, 1.82) is 0 Å². The first kappa shape index (κ1) is 18.8. The Morgan fingerprint density at radius 1 is 0.789 bits per heavy atom. The Kier molecular flexibility index (Phi) is 15.8. The smallest absolute Gasteiger partial charge is 0.0701 e. The highest BCUT2D eigenvalue weighted by atomic mass is 16.5. The largest absolute Gasteiger partial charge is 0.379 e. The van der Waals surface area contributed by atoms with Crippen LogP contribution in [0.2, 0.25) is 0 Å². The van der Waals surface area contributed by atoms with Gasteiger partial charge in [0.05, 0.1) is 33.0 Å². The van der Waals surface area contributed by atoms with Gasteiger partial charge in [-0.15, -0.1) is 0 Å². The maximum Gasteiger partial charge on any atom is 0.0701 e. The number of ether oxygens (including phenoxy) is 3. The number of rotatable bonds is 15. The maximum atomic E-state index is 5.48. The van der Waals surface area contributed by atoms with Gasteiger partial charge >= 0.3 is 0 Å². The molecule has 116 valence electrons. The van der Waals surface area contributed by atoms with Crippen LogP contribution in [0, 0.1) is 5.92 Å². The summed E-state index contributed by atoms with van der Waals surface area (Å²) in [6, 6.07) is 0. The van der Waals surface area contributed by atoms with E-state index in [1.165, 1.54) is 12.8 Å². The molecule has 0 fully saturated rings. The van der Waals surface area contributed by atoms with Crippen molar-refractivity contribution in [2.75, 3.05) is 52.7 Å². The lowest BCUT2D eigenvalue weighted by Crippen LogP contribution is -2.21. The van der Waals surface area contributed by atoms with Crippen LogP contribution in [0.3, 0.4) is 0 Å². The summed E-state index contributed by atoms with van der Waals surface area (Å²) in [5.74, 6) is 0.767. The van der Waals surface area contributed by atoms with Crippen LogP contribution in [0.5, 0.6) is 0 Å². The fourth-order valence-electron chi connectivity index (χ4n) is 1.58. The van der Waals surface area contributed by atoms with E-state index in [1.807, 2.05) is 0 Å². The third-order valence-electron chi connectivity index (χ3n) is 2.66. The molecule has 0 radical (unpaired) electrons. The minimum atomic E-state index is 0.656. The molecule has 0 aliphatic heterocycles. The fourth-order valence-corrected chi connectivity index (χ4v) is 1.58. The number of nitrogens with one attached hydrogen (secondary N) is 1. The zero-order valence-electron chi connectivity index (χ0n) is 13.1. The molecule has 0 saturated carbocycles. The fraction of sp³-hybridized carbons (Fsp3) is 1.00. The molecule has 0 aromatic rings. The van der Waals surface area contributed by atoms with Crippen LogP contribution in [-0.4, -0.2) is 52.7 Å². The summed E-state index contributed by atoms with van der Waals surface area (Å²) in [4.78, 5) is 0. The van der Waals surface area contributed by atoms with Gasteiger partial charge in [-0.2, -0.15) is 0 Å². The first-order chi connectivity index (χ1) is 9.27. The van der Waals surface area contributed by atoms with Crippen LogP contribution in [0.25, 0.3) is 0 Å². The summed E-state index contributed by atoms with van der Waals surface area (Å²) in [6.07, 6.45) is 3.55. The van der Waals surface area contributed by atoms with Gasteiger partial charge in [-0.3, -0.25) is 0 Å². The molecular weight excluding hydrogens is 242 g/mol. The van der Waals surface area contributed by atoms with E-state index in [2.05, 4.69) is 26.1 Å². The lowest BCUT2D eigenvalue weighted by Gasteiger charge is -2.08. The van der Waals surface area contributed by atoms with Crippen molar-refractivity contribution in [3.05, 3.63) is 0 Å². The van der Waals surface area contributed by atoms with Crippen LogP contribution in [0.15, 0.2) is 0 Å². The van der Waals surface area contributed by atoms with Gasteiger partial charge in [-0.25, -0.2) is 0 Å².